The molecule has 0 saturated carbocycles. The van der Waals surface area contributed by atoms with Gasteiger partial charge in [-0.15, -0.1) is 0 Å². The molecule has 80 valence electrons. The summed E-state index contributed by atoms with van der Waals surface area (Å²) < 4.78 is 1.41. The number of rotatable bonds is 3. The van der Waals surface area contributed by atoms with Gasteiger partial charge in [0.25, 0.3) is 0 Å². The number of hydrogen-bond donors (Lipinski definition) is 0. The van der Waals surface area contributed by atoms with Gasteiger partial charge in [-0.3, -0.25) is 0 Å². The smallest absolute Gasteiger partial charge is 0.358 e. The lowest BCUT2D eigenvalue weighted by molar-refractivity contribution is -0.389. The van der Waals surface area contributed by atoms with Gasteiger partial charge < -0.3 is 10.1 Å². The average Bonchev–Trinajstić information content (AvgIpc) is 2.76. The van der Waals surface area contributed by atoms with E-state index in [0.717, 1.165) is 5.56 Å². The second-order valence-electron chi connectivity index (χ2n) is 3.14. The Bertz CT molecular complexity index is 517. The standard InChI is InChI=1S/C11H9N3O2/c15-14(16)11-7-9-13(12-11)8-6-10-4-2-1-3-5-10/h1-9H/b8-6+. The van der Waals surface area contributed by atoms with E-state index in [-0.39, 0.29) is 5.82 Å². The Balaban J connectivity index is 2.15. The summed E-state index contributed by atoms with van der Waals surface area (Å²) >= 11 is 0. The third-order valence-corrected chi connectivity index (χ3v) is 2.00. The van der Waals surface area contributed by atoms with Crippen LogP contribution in [0.2, 0.25) is 0 Å². The number of nitrogens with zero attached hydrogens (tertiary/aromatic N) is 3. The minimum Gasteiger partial charge on any atom is -0.358 e. The molecule has 0 atom stereocenters. The van der Waals surface area contributed by atoms with Crippen LogP contribution in [0.3, 0.4) is 0 Å². The molecule has 2 rings (SSSR count). The summed E-state index contributed by atoms with van der Waals surface area (Å²) in [5.74, 6) is -0.155. The monoisotopic (exact) mass is 215 g/mol. The Morgan fingerprint density at radius 1 is 1.25 bits per heavy atom. The fourth-order valence-corrected chi connectivity index (χ4v) is 1.23. The summed E-state index contributed by atoms with van der Waals surface area (Å²) in [5.41, 5.74) is 1.01. The van der Waals surface area contributed by atoms with E-state index in [1.807, 2.05) is 36.4 Å². The predicted octanol–water partition coefficient (Wildman–Crippen LogP) is 2.42. The second-order valence-corrected chi connectivity index (χ2v) is 3.14. The first-order valence-corrected chi connectivity index (χ1v) is 4.68. The SMILES string of the molecule is O=[N+]([O-])c1ccn(/C=C/c2ccccc2)n1. The van der Waals surface area contributed by atoms with Gasteiger partial charge in [0, 0.05) is 0 Å². The van der Waals surface area contributed by atoms with Gasteiger partial charge in [0.2, 0.25) is 0 Å². The first-order chi connectivity index (χ1) is 7.75. The van der Waals surface area contributed by atoms with Crippen LogP contribution in [0.25, 0.3) is 12.3 Å². The number of hydrogen-bond acceptors (Lipinski definition) is 3. The molecule has 0 aliphatic carbocycles. The molecule has 0 aliphatic rings. The van der Waals surface area contributed by atoms with E-state index in [9.17, 15) is 10.1 Å². The maximum atomic E-state index is 10.4. The molecular formula is C11H9N3O2. The second kappa shape index (κ2) is 4.39. The molecule has 1 aromatic heterocycles. The van der Waals surface area contributed by atoms with Gasteiger partial charge >= 0.3 is 5.82 Å². The van der Waals surface area contributed by atoms with E-state index in [4.69, 9.17) is 0 Å². The maximum absolute atomic E-state index is 10.4. The van der Waals surface area contributed by atoms with Crippen LogP contribution in [0.5, 0.6) is 0 Å². The normalized spacial score (nSPS) is 10.8. The van der Waals surface area contributed by atoms with Crippen LogP contribution in [0.15, 0.2) is 42.6 Å². The van der Waals surface area contributed by atoms with E-state index in [1.54, 1.807) is 6.20 Å². The summed E-state index contributed by atoms with van der Waals surface area (Å²) in [6, 6.07) is 11.0. The van der Waals surface area contributed by atoms with Crippen LogP contribution >= 0.6 is 0 Å². The highest BCUT2D eigenvalue weighted by atomic mass is 16.6. The van der Waals surface area contributed by atoms with E-state index in [0.29, 0.717) is 0 Å². The highest BCUT2D eigenvalue weighted by Crippen LogP contribution is 2.07. The van der Waals surface area contributed by atoms with Crippen molar-refractivity contribution < 1.29 is 4.92 Å². The van der Waals surface area contributed by atoms with E-state index in [2.05, 4.69) is 5.10 Å². The van der Waals surface area contributed by atoms with Crippen molar-refractivity contribution in [2.45, 2.75) is 0 Å². The zero-order chi connectivity index (χ0) is 11.4. The third-order valence-electron chi connectivity index (χ3n) is 2.00. The van der Waals surface area contributed by atoms with Crippen LogP contribution < -0.4 is 0 Å². The summed E-state index contributed by atoms with van der Waals surface area (Å²) in [7, 11) is 0. The number of benzene rings is 1. The van der Waals surface area contributed by atoms with Gasteiger partial charge in [-0.05, 0) is 16.6 Å². The van der Waals surface area contributed by atoms with E-state index >= 15 is 0 Å². The van der Waals surface area contributed by atoms with Crippen molar-refractivity contribution in [1.29, 1.82) is 0 Å². The molecule has 0 bridgehead atoms. The lowest BCUT2D eigenvalue weighted by atomic mass is 10.2. The fourth-order valence-electron chi connectivity index (χ4n) is 1.23. The van der Waals surface area contributed by atoms with Crippen molar-refractivity contribution in [3.8, 4) is 0 Å². The van der Waals surface area contributed by atoms with Crippen molar-refractivity contribution in [2.75, 3.05) is 0 Å². The first-order valence-electron chi connectivity index (χ1n) is 4.68. The molecule has 0 saturated heterocycles. The molecule has 0 aliphatic heterocycles. The topological polar surface area (TPSA) is 61.0 Å². The van der Waals surface area contributed by atoms with Crippen molar-refractivity contribution in [2.24, 2.45) is 0 Å². The molecule has 5 heteroatoms. The van der Waals surface area contributed by atoms with Crippen molar-refractivity contribution in [3.05, 3.63) is 58.3 Å². The highest BCUT2D eigenvalue weighted by molar-refractivity contribution is 5.59. The lowest BCUT2D eigenvalue weighted by Gasteiger charge is -1.89. The molecule has 1 heterocycles. The highest BCUT2D eigenvalue weighted by Gasteiger charge is 2.08. The average molecular weight is 215 g/mol. The minimum absolute atomic E-state index is 0.155. The van der Waals surface area contributed by atoms with Gasteiger partial charge in [-0.2, -0.15) is 4.68 Å². The zero-order valence-electron chi connectivity index (χ0n) is 8.35. The van der Waals surface area contributed by atoms with Crippen LogP contribution in [0, 0.1) is 10.1 Å². The van der Waals surface area contributed by atoms with Gasteiger partial charge in [-0.25, -0.2) is 0 Å². The summed E-state index contributed by atoms with van der Waals surface area (Å²) in [5, 5.41) is 14.1. The molecule has 2 aromatic rings. The first kappa shape index (κ1) is 10.1. The Labute approximate surface area is 91.8 Å². The minimum atomic E-state index is -0.521. The van der Waals surface area contributed by atoms with Gasteiger partial charge in [-0.1, -0.05) is 30.3 Å². The van der Waals surface area contributed by atoms with Crippen molar-refractivity contribution in [3.63, 3.8) is 0 Å². The number of aromatic nitrogens is 2. The van der Waals surface area contributed by atoms with E-state index < -0.39 is 4.92 Å². The van der Waals surface area contributed by atoms with Crippen molar-refractivity contribution in [1.82, 2.24) is 9.78 Å². The Kier molecular flexibility index (Phi) is 2.77. The Morgan fingerprint density at radius 2 is 2.00 bits per heavy atom. The molecule has 0 N–H and O–H groups in total. The Morgan fingerprint density at radius 3 is 2.62 bits per heavy atom. The predicted molar refractivity (Wildman–Crippen MR) is 60.5 cm³/mol. The molecule has 0 amide bonds. The largest absolute Gasteiger partial charge is 0.390 e. The Hall–Kier alpha value is -2.43. The molecule has 0 unspecified atom stereocenters. The molecule has 0 radical (unpaired) electrons. The van der Waals surface area contributed by atoms with Gasteiger partial charge in [0.15, 0.2) is 0 Å². The van der Waals surface area contributed by atoms with Gasteiger partial charge in [0.1, 0.15) is 0 Å². The summed E-state index contributed by atoms with van der Waals surface area (Å²) in [6.45, 7) is 0. The van der Waals surface area contributed by atoms with Crippen LogP contribution in [0.1, 0.15) is 5.56 Å². The zero-order valence-corrected chi connectivity index (χ0v) is 8.35. The van der Waals surface area contributed by atoms with Crippen molar-refractivity contribution >= 4 is 18.1 Å². The molecule has 0 fully saturated rings. The molecule has 1 aromatic carbocycles. The van der Waals surface area contributed by atoms with Crippen LogP contribution in [-0.2, 0) is 0 Å². The molecule has 5 nitrogen and oxygen atoms in total. The number of nitro groups is 1. The molecular weight excluding hydrogens is 206 g/mol. The molecule has 0 spiro atoms. The van der Waals surface area contributed by atoms with Crippen LogP contribution in [-0.4, -0.2) is 14.7 Å². The maximum Gasteiger partial charge on any atom is 0.390 e. The summed E-state index contributed by atoms with van der Waals surface area (Å²) in [6.07, 6.45) is 5.04. The van der Waals surface area contributed by atoms with Gasteiger partial charge in [0.05, 0.1) is 23.6 Å². The van der Waals surface area contributed by atoms with Crippen LogP contribution in [0.4, 0.5) is 5.82 Å². The van der Waals surface area contributed by atoms with E-state index in [1.165, 1.54) is 16.9 Å². The quantitative estimate of drug-likeness (QED) is 0.583. The lowest BCUT2D eigenvalue weighted by Crippen LogP contribution is -1.91. The third kappa shape index (κ3) is 2.33. The molecule has 16 heavy (non-hydrogen) atoms. The summed E-state index contributed by atoms with van der Waals surface area (Å²) in [4.78, 5) is 9.87. The fraction of sp³-hybridized carbons (Fsp3) is 0.